The Balaban J connectivity index is 1.67. The van der Waals surface area contributed by atoms with Gasteiger partial charge in [-0.2, -0.15) is 0 Å². The topological polar surface area (TPSA) is 75.6 Å². The summed E-state index contributed by atoms with van der Waals surface area (Å²) in [6.07, 6.45) is 3.80. The fourth-order valence-electron chi connectivity index (χ4n) is 4.20. The van der Waals surface area contributed by atoms with E-state index in [4.69, 9.17) is 9.72 Å². The van der Waals surface area contributed by atoms with Crippen molar-refractivity contribution in [2.75, 3.05) is 31.2 Å². The maximum absolute atomic E-state index is 11.9. The molecule has 2 fully saturated rings. The van der Waals surface area contributed by atoms with Crippen molar-refractivity contribution in [1.82, 2.24) is 9.97 Å². The third kappa shape index (κ3) is 1.93. The van der Waals surface area contributed by atoms with Crippen LogP contribution in [0, 0.1) is 18.3 Å². The predicted octanol–water partition coefficient (Wildman–Crippen LogP) is 1.20. The predicted molar refractivity (Wildman–Crippen MR) is 80.0 cm³/mol. The van der Waals surface area contributed by atoms with E-state index in [9.17, 15) is 9.90 Å². The van der Waals surface area contributed by atoms with Gasteiger partial charge in [-0.3, -0.25) is 4.79 Å². The number of carbonyl (C=O) groups is 1. The number of nitrogens with zero attached hydrogens (tertiary/aromatic N) is 3. The number of rotatable bonds is 2. The summed E-state index contributed by atoms with van der Waals surface area (Å²) in [5.41, 5.74) is 2.79. The van der Waals surface area contributed by atoms with Crippen LogP contribution in [0.5, 0.6) is 0 Å². The molecule has 0 unspecified atom stereocenters. The molecule has 3 heterocycles. The van der Waals surface area contributed by atoms with Gasteiger partial charge in [-0.1, -0.05) is 0 Å². The maximum atomic E-state index is 11.9. The van der Waals surface area contributed by atoms with Gasteiger partial charge in [0.1, 0.15) is 0 Å². The zero-order valence-electron chi connectivity index (χ0n) is 12.8. The highest BCUT2D eigenvalue weighted by molar-refractivity contribution is 5.77. The SMILES string of the molecule is Cc1nc(N2C[C@@H]3COCC[C@]3(C(=O)O)C2)nc2c1CCC2. The second-order valence-corrected chi connectivity index (χ2v) is 6.75. The highest BCUT2D eigenvalue weighted by Gasteiger charge is 2.54. The van der Waals surface area contributed by atoms with Crippen LogP contribution in [0.2, 0.25) is 0 Å². The van der Waals surface area contributed by atoms with Crippen LogP contribution in [0.1, 0.15) is 29.8 Å². The Kier molecular flexibility index (Phi) is 3.11. The van der Waals surface area contributed by atoms with E-state index in [2.05, 4.69) is 9.88 Å². The Morgan fingerprint density at radius 3 is 3.05 bits per heavy atom. The van der Waals surface area contributed by atoms with Crippen molar-refractivity contribution in [3.8, 4) is 0 Å². The zero-order valence-corrected chi connectivity index (χ0v) is 12.8. The number of carboxylic acid groups (broad SMARTS) is 1. The lowest BCUT2D eigenvalue weighted by atomic mass is 9.74. The largest absolute Gasteiger partial charge is 0.481 e. The first-order valence-corrected chi connectivity index (χ1v) is 8.02. The van der Waals surface area contributed by atoms with E-state index in [1.807, 2.05) is 6.92 Å². The third-order valence-electron chi connectivity index (χ3n) is 5.54. The molecule has 2 saturated heterocycles. The van der Waals surface area contributed by atoms with Gasteiger partial charge in [0.05, 0.1) is 12.0 Å². The summed E-state index contributed by atoms with van der Waals surface area (Å²) in [4.78, 5) is 23.3. The maximum Gasteiger partial charge on any atom is 0.311 e. The molecule has 118 valence electrons. The molecule has 6 heteroatoms. The summed E-state index contributed by atoms with van der Waals surface area (Å²) in [5, 5.41) is 9.75. The molecule has 1 aliphatic carbocycles. The van der Waals surface area contributed by atoms with Gasteiger partial charge in [0.2, 0.25) is 5.95 Å². The van der Waals surface area contributed by atoms with Crippen molar-refractivity contribution in [3.63, 3.8) is 0 Å². The fraction of sp³-hybridized carbons (Fsp3) is 0.688. The van der Waals surface area contributed by atoms with Crippen LogP contribution in [0.4, 0.5) is 5.95 Å². The van der Waals surface area contributed by atoms with Crippen LogP contribution in [0.3, 0.4) is 0 Å². The summed E-state index contributed by atoms with van der Waals surface area (Å²) < 4.78 is 5.51. The minimum absolute atomic E-state index is 0.0240. The van der Waals surface area contributed by atoms with Gasteiger partial charge < -0.3 is 14.7 Å². The number of fused-ring (bicyclic) bond motifs is 2. The average Bonchev–Trinajstić information content (AvgIpc) is 3.11. The molecule has 22 heavy (non-hydrogen) atoms. The molecule has 3 aliphatic rings. The lowest BCUT2D eigenvalue weighted by Gasteiger charge is -2.33. The number of hydrogen-bond donors (Lipinski definition) is 1. The summed E-state index contributed by atoms with van der Waals surface area (Å²) in [6.45, 7) is 4.25. The van der Waals surface area contributed by atoms with Gasteiger partial charge >= 0.3 is 5.97 Å². The van der Waals surface area contributed by atoms with Crippen LogP contribution in [0.15, 0.2) is 0 Å². The minimum Gasteiger partial charge on any atom is -0.481 e. The standard InChI is InChI=1S/C16H21N3O3/c1-10-12-3-2-4-13(12)18-15(17-10)19-7-11-8-22-6-5-16(11,9-19)14(20)21/h11H,2-9H2,1H3,(H,20,21)/t11-,16+/m1/s1. The number of ether oxygens (including phenoxy) is 1. The first-order chi connectivity index (χ1) is 10.6. The Labute approximate surface area is 129 Å². The molecular weight excluding hydrogens is 282 g/mol. The Morgan fingerprint density at radius 2 is 2.27 bits per heavy atom. The lowest BCUT2D eigenvalue weighted by molar-refractivity contribution is -0.157. The second-order valence-electron chi connectivity index (χ2n) is 6.75. The van der Waals surface area contributed by atoms with E-state index in [-0.39, 0.29) is 5.92 Å². The molecule has 1 N–H and O–H groups in total. The molecule has 4 rings (SSSR count). The van der Waals surface area contributed by atoms with Gasteiger partial charge in [-0.05, 0) is 38.2 Å². The molecule has 1 aromatic heterocycles. The van der Waals surface area contributed by atoms with Gasteiger partial charge in [-0.15, -0.1) is 0 Å². The first kappa shape index (κ1) is 13.9. The number of carboxylic acids is 1. The molecule has 1 aromatic rings. The molecule has 6 nitrogen and oxygen atoms in total. The average molecular weight is 303 g/mol. The van der Waals surface area contributed by atoms with Crippen molar-refractivity contribution in [2.45, 2.75) is 32.6 Å². The number of aryl methyl sites for hydroxylation is 2. The van der Waals surface area contributed by atoms with Gasteiger partial charge in [-0.25, -0.2) is 9.97 Å². The van der Waals surface area contributed by atoms with Crippen LogP contribution >= 0.6 is 0 Å². The summed E-state index contributed by atoms with van der Waals surface area (Å²) >= 11 is 0. The van der Waals surface area contributed by atoms with Gasteiger partial charge in [0.15, 0.2) is 0 Å². The first-order valence-electron chi connectivity index (χ1n) is 8.02. The van der Waals surface area contributed by atoms with Crippen LogP contribution < -0.4 is 4.90 Å². The van der Waals surface area contributed by atoms with E-state index >= 15 is 0 Å². The molecule has 0 spiro atoms. The fourth-order valence-corrected chi connectivity index (χ4v) is 4.20. The Hall–Kier alpha value is -1.69. The van der Waals surface area contributed by atoms with E-state index in [1.54, 1.807) is 0 Å². The zero-order chi connectivity index (χ0) is 15.3. The molecule has 2 atom stereocenters. The van der Waals surface area contributed by atoms with Crippen molar-refractivity contribution < 1.29 is 14.6 Å². The Bertz CT molecular complexity index is 633. The molecule has 0 radical (unpaired) electrons. The molecule has 0 bridgehead atoms. The van der Waals surface area contributed by atoms with Crippen LogP contribution in [0.25, 0.3) is 0 Å². The monoisotopic (exact) mass is 303 g/mol. The highest BCUT2D eigenvalue weighted by Crippen LogP contribution is 2.43. The molecule has 2 aliphatic heterocycles. The van der Waals surface area contributed by atoms with E-state index < -0.39 is 11.4 Å². The molecule has 0 saturated carbocycles. The number of aromatic nitrogens is 2. The summed E-state index contributed by atoms with van der Waals surface area (Å²) in [5.74, 6) is 0.0188. The van der Waals surface area contributed by atoms with Gasteiger partial charge in [0.25, 0.3) is 0 Å². The van der Waals surface area contributed by atoms with Crippen molar-refractivity contribution in [2.24, 2.45) is 11.3 Å². The number of hydrogen-bond acceptors (Lipinski definition) is 5. The van der Waals surface area contributed by atoms with Crippen molar-refractivity contribution >= 4 is 11.9 Å². The van der Waals surface area contributed by atoms with Gasteiger partial charge in [0, 0.05) is 37.0 Å². The minimum atomic E-state index is -0.707. The van der Waals surface area contributed by atoms with Crippen molar-refractivity contribution in [3.05, 3.63) is 17.0 Å². The smallest absolute Gasteiger partial charge is 0.311 e. The second kappa shape index (κ2) is 4.91. The van der Waals surface area contributed by atoms with Crippen LogP contribution in [-0.4, -0.2) is 47.3 Å². The van der Waals surface area contributed by atoms with E-state index in [1.165, 1.54) is 5.56 Å². The quantitative estimate of drug-likeness (QED) is 0.885. The number of anilines is 1. The highest BCUT2D eigenvalue weighted by atomic mass is 16.5. The molecule has 0 aromatic carbocycles. The molecular formula is C16H21N3O3. The third-order valence-corrected chi connectivity index (χ3v) is 5.54. The van der Waals surface area contributed by atoms with Crippen LogP contribution in [-0.2, 0) is 22.4 Å². The van der Waals surface area contributed by atoms with E-state index in [0.29, 0.717) is 38.7 Å². The van der Waals surface area contributed by atoms with Crippen molar-refractivity contribution in [1.29, 1.82) is 0 Å². The molecule has 0 amide bonds. The lowest BCUT2D eigenvalue weighted by Crippen LogP contribution is -2.44. The van der Waals surface area contributed by atoms with E-state index in [0.717, 1.165) is 30.7 Å². The summed E-state index contributed by atoms with van der Waals surface area (Å²) in [7, 11) is 0. The summed E-state index contributed by atoms with van der Waals surface area (Å²) in [6, 6.07) is 0. The normalized spacial score (nSPS) is 30.2. The number of aliphatic carboxylic acids is 1. The Morgan fingerprint density at radius 1 is 1.41 bits per heavy atom.